The SMILES string of the molecule is COc1cccc(C(=O)N2CCC(N(CCc3noc(C4CCC4)n3)C(C)=O)C2)c1OC. The predicted octanol–water partition coefficient (Wildman–Crippen LogP) is 2.66. The van der Waals surface area contributed by atoms with Gasteiger partial charge in [-0.2, -0.15) is 4.98 Å². The molecule has 1 aliphatic carbocycles. The van der Waals surface area contributed by atoms with Crippen LogP contribution in [0, 0.1) is 0 Å². The van der Waals surface area contributed by atoms with Gasteiger partial charge >= 0.3 is 0 Å². The van der Waals surface area contributed by atoms with Crippen LogP contribution in [0.5, 0.6) is 11.5 Å². The van der Waals surface area contributed by atoms with Gasteiger partial charge in [0.1, 0.15) is 0 Å². The van der Waals surface area contributed by atoms with E-state index >= 15 is 0 Å². The Bertz CT molecular complexity index is 971. The van der Waals surface area contributed by atoms with E-state index in [9.17, 15) is 9.59 Å². The number of amides is 2. The molecule has 9 heteroatoms. The van der Waals surface area contributed by atoms with E-state index in [0.29, 0.717) is 60.8 Å². The Hall–Kier alpha value is -3.10. The first-order valence-corrected chi connectivity index (χ1v) is 11.1. The molecule has 2 aliphatic rings. The molecular weight excluding hydrogens is 412 g/mol. The molecule has 1 saturated carbocycles. The van der Waals surface area contributed by atoms with E-state index in [1.807, 2.05) is 4.90 Å². The molecular formula is C23H30N4O5. The van der Waals surface area contributed by atoms with Crippen molar-refractivity contribution >= 4 is 11.8 Å². The highest BCUT2D eigenvalue weighted by atomic mass is 16.5. The van der Waals surface area contributed by atoms with Crippen molar-refractivity contribution in [2.24, 2.45) is 0 Å². The fourth-order valence-corrected chi connectivity index (χ4v) is 4.41. The predicted molar refractivity (Wildman–Crippen MR) is 116 cm³/mol. The van der Waals surface area contributed by atoms with E-state index in [1.165, 1.54) is 13.5 Å². The smallest absolute Gasteiger partial charge is 0.257 e. The quantitative estimate of drug-likeness (QED) is 0.620. The topological polar surface area (TPSA) is 98.0 Å². The second-order valence-electron chi connectivity index (χ2n) is 8.37. The van der Waals surface area contributed by atoms with Gasteiger partial charge in [0.2, 0.25) is 11.8 Å². The van der Waals surface area contributed by atoms with Crippen LogP contribution in [0.15, 0.2) is 22.7 Å². The lowest BCUT2D eigenvalue weighted by molar-refractivity contribution is -0.130. The number of hydrogen-bond donors (Lipinski definition) is 0. The molecule has 1 atom stereocenters. The average molecular weight is 443 g/mol. The molecule has 1 aromatic carbocycles. The van der Waals surface area contributed by atoms with Crippen molar-refractivity contribution in [3.8, 4) is 11.5 Å². The summed E-state index contributed by atoms with van der Waals surface area (Å²) < 4.78 is 16.1. The first kappa shape index (κ1) is 22.1. The summed E-state index contributed by atoms with van der Waals surface area (Å²) in [6, 6.07) is 5.21. The van der Waals surface area contributed by atoms with E-state index in [0.717, 1.165) is 19.3 Å². The number of methoxy groups -OCH3 is 2. The molecule has 1 unspecified atom stereocenters. The van der Waals surface area contributed by atoms with Crippen LogP contribution in [0.4, 0.5) is 0 Å². The van der Waals surface area contributed by atoms with Gasteiger partial charge in [-0.25, -0.2) is 0 Å². The lowest BCUT2D eigenvalue weighted by Crippen LogP contribution is -2.42. The Morgan fingerprint density at radius 3 is 2.69 bits per heavy atom. The Kier molecular flexibility index (Phi) is 6.62. The van der Waals surface area contributed by atoms with Crippen LogP contribution < -0.4 is 9.47 Å². The molecule has 1 aromatic heterocycles. The minimum Gasteiger partial charge on any atom is -0.493 e. The molecule has 32 heavy (non-hydrogen) atoms. The van der Waals surface area contributed by atoms with E-state index < -0.39 is 0 Å². The van der Waals surface area contributed by atoms with E-state index in [4.69, 9.17) is 14.0 Å². The summed E-state index contributed by atoms with van der Waals surface area (Å²) >= 11 is 0. The minimum absolute atomic E-state index is 0.0222. The third-order valence-electron chi connectivity index (χ3n) is 6.44. The number of carbonyl (C=O) groups excluding carboxylic acids is 2. The maximum atomic E-state index is 13.2. The molecule has 1 aliphatic heterocycles. The second kappa shape index (κ2) is 9.58. The van der Waals surface area contributed by atoms with Crippen molar-refractivity contribution in [3.05, 3.63) is 35.5 Å². The highest BCUT2D eigenvalue weighted by Gasteiger charge is 2.34. The average Bonchev–Trinajstić information content (AvgIpc) is 3.41. The summed E-state index contributed by atoms with van der Waals surface area (Å²) in [5, 5.41) is 4.08. The number of aromatic nitrogens is 2. The standard InChI is InChI=1S/C23H30N4O5/c1-15(28)27(13-11-20-24-22(32-25-20)16-6-4-7-16)17-10-12-26(14-17)23(29)18-8-5-9-19(30-2)21(18)31-3/h5,8-9,16-17H,4,6-7,10-14H2,1-3H3. The molecule has 9 nitrogen and oxygen atoms in total. The molecule has 2 fully saturated rings. The summed E-state index contributed by atoms with van der Waals surface area (Å²) in [5.74, 6) is 2.52. The molecule has 2 aromatic rings. The highest BCUT2D eigenvalue weighted by Crippen LogP contribution is 2.35. The van der Waals surface area contributed by atoms with Gasteiger partial charge in [-0.15, -0.1) is 0 Å². The van der Waals surface area contributed by atoms with Gasteiger partial charge in [-0.1, -0.05) is 17.6 Å². The molecule has 2 amide bonds. The highest BCUT2D eigenvalue weighted by molar-refractivity contribution is 5.98. The van der Waals surface area contributed by atoms with E-state index in [-0.39, 0.29) is 17.9 Å². The van der Waals surface area contributed by atoms with Gasteiger partial charge in [-0.3, -0.25) is 9.59 Å². The molecule has 0 bridgehead atoms. The molecule has 172 valence electrons. The fraction of sp³-hybridized carbons (Fsp3) is 0.565. The summed E-state index contributed by atoms with van der Waals surface area (Å²) in [6.07, 6.45) is 4.66. The monoisotopic (exact) mass is 442 g/mol. The number of likely N-dealkylation sites (tertiary alicyclic amines) is 1. The zero-order valence-corrected chi connectivity index (χ0v) is 18.9. The Labute approximate surface area is 187 Å². The van der Waals surface area contributed by atoms with Crippen molar-refractivity contribution < 1.29 is 23.6 Å². The van der Waals surface area contributed by atoms with Gasteiger partial charge in [0.15, 0.2) is 17.3 Å². The van der Waals surface area contributed by atoms with Gasteiger partial charge in [0.25, 0.3) is 5.91 Å². The maximum Gasteiger partial charge on any atom is 0.257 e. The zero-order valence-electron chi connectivity index (χ0n) is 18.9. The van der Waals surface area contributed by atoms with Gasteiger partial charge in [0, 0.05) is 38.9 Å². The van der Waals surface area contributed by atoms with E-state index in [1.54, 1.807) is 37.1 Å². The maximum absolute atomic E-state index is 13.2. The van der Waals surface area contributed by atoms with Gasteiger partial charge in [-0.05, 0) is 31.4 Å². The first-order chi connectivity index (χ1) is 15.5. The number of benzene rings is 1. The number of ether oxygens (including phenoxy) is 2. The second-order valence-corrected chi connectivity index (χ2v) is 8.37. The summed E-state index contributed by atoms with van der Waals surface area (Å²) in [7, 11) is 3.06. The first-order valence-electron chi connectivity index (χ1n) is 11.1. The number of hydrogen-bond acceptors (Lipinski definition) is 7. The van der Waals surface area contributed by atoms with Crippen LogP contribution in [0.3, 0.4) is 0 Å². The lowest BCUT2D eigenvalue weighted by Gasteiger charge is -2.28. The van der Waals surface area contributed by atoms with Crippen LogP contribution in [0.2, 0.25) is 0 Å². The molecule has 1 saturated heterocycles. The lowest BCUT2D eigenvalue weighted by atomic mass is 9.85. The van der Waals surface area contributed by atoms with Crippen LogP contribution in [0.1, 0.15) is 60.6 Å². The number of nitrogens with zero attached hydrogens (tertiary/aromatic N) is 4. The van der Waals surface area contributed by atoms with E-state index in [2.05, 4.69) is 10.1 Å². The largest absolute Gasteiger partial charge is 0.493 e. The number of rotatable bonds is 8. The normalized spacial score (nSPS) is 18.3. The molecule has 2 heterocycles. The van der Waals surface area contributed by atoms with Crippen molar-refractivity contribution in [2.75, 3.05) is 33.9 Å². The summed E-state index contributed by atoms with van der Waals surface area (Å²) in [4.78, 5) is 33.6. The van der Waals surface area contributed by atoms with Gasteiger partial charge < -0.3 is 23.8 Å². The summed E-state index contributed by atoms with van der Waals surface area (Å²) in [6.45, 7) is 3.10. The van der Waals surface area contributed by atoms with Crippen molar-refractivity contribution in [1.29, 1.82) is 0 Å². The Morgan fingerprint density at radius 2 is 2.03 bits per heavy atom. The molecule has 0 radical (unpaired) electrons. The van der Waals surface area contributed by atoms with Crippen LogP contribution in [0.25, 0.3) is 0 Å². The Morgan fingerprint density at radius 1 is 1.22 bits per heavy atom. The van der Waals surface area contributed by atoms with Crippen LogP contribution in [-0.4, -0.2) is 71.7 Å². The molecule has 0 N–H and O–H groups in total. The van der Waals surface area contributed by atoms with Crippen LogP contribution in [-0.2, 0) is 11.2 Å². The fourth-order valence-electron chi connectivity index (χ4n) is 4.41. The number of para-hydroxylation sites is 1. The zero-order chi connectivity index (χ0) is 22.7. The van der Waals surface area contributed by atoms with Crippen molar-refractivity contribution in [1.82, 2.24) is 19.9 Å². The van der Waals surface area contributed by atoms with Crippen molar-refractivity contribution in [3.63, 3.8) is 0 Å². The van der Waals surface area contributed by atoms with Crippen LogP contribution >= 0.6 is 0 Å². The van der Waals surface area contributed by atoms with Crippen molar-refractivity contribution in [2.45, 2.75) is 51.0 Å². The van der Waals surface area contributed by atoms with Gasteiger partial charge in [0.05, 0.1) is 25.8 Å². The third-order valence-corrected chi connectivity index (χ3v) is 6.44. The third kappa shape index (κ3) is 4.42. The Balaban J connectivity index is 1.39. The minimum atomic E-state index is -0.130. The molecule has 0 spiro atoms. The molecule has 4 rings (SSSR count). The summed E-state index contributed by atoms with van der Waals surface area (Å²) in [5.41, 5.74) is 0.456. The number of carbonyl (C=O) groups is 2.